The number of methoxy groups -OCH3 is 3. The highest BCUT2D eigenvalue weighted by molar-refractivity contribution is 9.10. The Labute approximate surface area is 168 Å². The van der Waals surface area contributed by atoms with Gasteiger partial charge in [-0.05, 0) is 68.3 Å². The third kappa shape index (κ3) is 11.4. The van der Waals surface area contributed by atoms with Gasteiger partial charge in [-0.25, -0.2) is 8.78 Å². The predicted molar refractivity (Wildman–Crippen MR) is 101 cm³/mol. The van der Waals surface area contributed by atoms with Crippen LogP contribution in [0, 0.1) is 11.6 Å². The average molecular weight is 502 g/mol. The van der Waals surface area contributed by atoms with E-state index in [1.165, 1.54) is 37.4 Å². The molecule has 0 heterocycles. The Kier molecular flexibility index (Phi) is 14.1. The van der Waals surface area contributed by atoms with E-state index in [4.69, 9.17) is 14.6 Å². The summed E-state index contributed by atoms with van der Waals surface area (Å²) in [6.07, 6.45) is 0. The molecule has 0 atom stereocenters. The van der Waals surface area contributed by atoms with Gasteiger partial charge in [0.25, 0.3) is 0 Å². The van der Waals surface area contributed by atoms with Crippen LogP contribution >= 0.6 is 31.9 Å². The van der Waals surface area contributed by atoms with Crippen LogP contribution in [0.3, 0.4) is 0 Å². The minimum Gasteiger partial charge on any atom is -0.507 e. The Morgan fingerprint density at radius 2 is 1.31 bits per heavy atom. The maximum atomic E-state index is 12.6. The van der Waals surface area contributed by atoms with Crippen LogP contribution in [0.2, 0.25) is 0 Å². The van der Waals surface area contributed by atoms with Crippen molar-refractivity contribution >= 4 is 31.9 Å². The number of benzene rings is 2. The van der Waals surface area contributed by atoms with Crippen LogP contribution in [0.5, 0.6) is 11.5 Å². The highest BCUT2D eigenvalue weighted by Crippen LogP contribution is 2.25. The van der Waals surface area contributed by atoms with Gasteiger partial charge in [-0.3, -0.25) is 0 Å². The maximum absolute atomic E-state index is 12.6. The van der Waals surface area contributed by atoms with Crippen LogP contribution in [-0.2, 0) is 14.2 Å². The molecule has 0 aliphatic carbocycles. The first-order valence-corrected chi connectivity index (χ1v) is 8.63. The van der Waals surface area contributed by atoms with Gasteiger partial charge in [0.2, 0.25) is 0 Å². The Hall–Kier alpha value is -1.26. The zero-order valence-electron chi connectivity index (χ0n) is 14.5. The molecule has 2 aromatic carbocycles. The van der Waals surface area contributed by atoms with E-state index in [1.54, 1.807) is 20.3 Å². The lowest BCUT2D eigenvalue weighted by Crippen LogP contribution is -1.99. The molecule has 146 valence electrons. The minimum absolute atomic E-state index is 0.0522. The largest absolute Gasteiger partial charge is 0.507 e. The van der Waals surface area contributed by atoms with Gasteiger partial charge in [0, 0.05) is 21.3 Å². The molecule has 0 aliphatic rings. The molecule has 1 N–H and O–H groups in total. The van der Waals surface area contributed by atoms with Crippen LogP contribution in [0.15, 0.2) is 45.3 Å². The van der Waals surface area contributed by atoms with Crippen LogP contribution in [0.1, 0.15) is 0 Å². The van der Waals surface area contributed by atoms with Gasteiger partial charge in [-0.2, -0.15) is 0 Å². The van der Waals surface area contributed by atoms with Gasteiger partial charge < -0.3 is 24.1 Å². The van der Waals surface area contributed by atoms with Crippen LogP contribution in [0.4, 0.5) is 8.78 Å². The van der Waals surface area contributed by atoms with Crippen LogP contribution in [-0.4, -0.2) is 40.0 Å². The normalized spacial score (nSPS) is 9.50. The molecule has 0 aliphatic heterocycles. The SMILES string of the molecule is COCOC.COCOc1ccc(F)cc1Br.Oc1ccc(F)cc1Br. The number of hydrogen-bond donors (Lipinski definition) is 1. The molecule has 0 radical (unpaired) electrons. The lowest BCUT2D eigenvalue weighted by atomic mass is 10.3. The fourth-order valence-electron chi connectivity index (χ4n) is 1.31. The third-order valence-electron chi connectivity index (χ3n) is 2.37. The number of ether oxygens (including phenoxy) is 4. The summed E-state index contributed by atoms with van der Waals surface area (Å²) in [5.41, 5.74) is 0. The number of rotatable bonds is 5. The van der Waals surface area contributed by atoms with E-state index in [2.05, 4.69) is 41.3 Å². The first kappa shape index (κ1) is 24.7. The van der Waals surface area contributed by atoms with Crippen molar-refractivity contribution in [3.63, 3.8) is 0 Å². The van der Waals surface area contributed by atoms with Crippen molar-refractivity contribution in [2.45, 2.75) is 0 Å². The molecular formula is C17H20Br2F2O5. The second-order valence-corrected chi connectivity index (χ2v) is 6.13. The zero-order valence-corrected chi connectivity index (χ0v) is 17.6. The molecule has 5 nitrogen and oxygen atoms in total. The zero-order chi connectivity index (χ0) is 19.9. The first-order chi connectivity index (χ1) is 12.3. The van der Waals surface area contributed by atoms with E-state index in [9.17, 15) is 8.78 Å². The summed E-state index contributed by atoms with van der Waals surface area (Å²) in [7, 11) is 4.70. The summed E-state index contributed by atoms with van der Waals surface area (Å²) < 4.78 is 44.5. The van der Waals surface area contributed by atoms with Crippen molar-refractivity contribution in [2.75, 3.05) is 34.9 Å². The molecule has 2 rings (SSSR count). The smallest absolute Gasteiger partial charge is 0.188 e. The molecule has 26 heavy (non-hydrogen) atoms. The van der Waals surface area contributed by atoms with E-state index in [0.29, 0.717) is 21.5 Å². The predicted octanol–water partition coefficient (Wildman–Crippen LogP) is 5.10. The van der Waals surface area contributed by atoms with Crippen LogP contribution in [0.25, 0.3) is 0 Å². The molecule has 0 bridgehead atoms. The fourth-order valence-corrected chi connectivity index (χ4v) is 2.13. The monoisotopic (exact) mass is 500 g/mol. The standard InChI is InChI=1S/C8H8BrFO2.C6H4BrFO.C3H8O2/c1-11-5-12-8-3-2-6(10)4-7(8)9;7-5-3-4(8)1-2-6(5)9;1-4-3-5-2/h2-4H,5H2,1H3;1-3,9H;3H2,1-2H3. The fraction of sp³-hybridized carbons (Fsp3) is 0.294. The number of aromatic hydroxyl groups is 1. The van der Waals surface area contributed by atoms with Gasteiger partial charge in [0.1, 0.15) is 29.9 Å². The molecule has 0 aromatic heterocycles. The lowest BCUT2D eigenvalue weighted by Gasteiger charge is -2.05. The molecule has 0 amide bonds. The molecule has 0 saturated heterocycles. The Balaban J connectivity index is 0.000000394. The van der Waals surface area contributed by atoms with Gasteiger partial charge >= 0.3 is 0 Å². The molecule has 0 spiro atoms. The van der Waals surface area contributed by atoms with Crippen molar-refractivity contribution in [2.24, 2.45) is 0 Å². The van der Waals surface area contributed by atoms with E-state index in [-0.39, 0.29) is 24.2 Å². The third-order valence-corrected chi connectivity index (χ3v) is 3.63. The summed E-state index contributed by atoms with van der Waals surface area (Å²) in [5, 5.41) is 8.83. The number of halogens is 4. The summed E-state index contributed by atoms with van der Waals surface area (Å²) in [4.78, 5) is 0. The lowest BCUT2D eigenvalue weighted by molar-refractivity contribution is -0.00272. The summed E-state index contributed by atoms with van der Waals surface area (Å²) in [6, 6.07) is 7.90. The van der Waals surface area contributed by atoms with Gasteiger partial charge in [0.15, 0.2) is 6.79 Å². The summed E-state index contributed by atoms with van der Waals surface area (Å²) >= 11 is 6.11. The highest BCUT2D eigenvalue weighted by Gasteiger charge is 2.01. The maximum Gasteiger partial charge on any atom is 0.188 e. The van der Waals surface area contributed by atoms with E-state index in [1.807, 2.05) is 0 Å². The average Bonchev–Trinajstić information content (AvgIpc) is 2.60. The number of hydrogen-bond acceptors (Lipinski definition) is 5. The van der Waals surface area contributed by atoms with Crippen molar-refractivity contribution in [3.05, 3.63) is 57.0 Å². The first-order valence-electron chi connectivity index (χ1n) is 7.04. The highest BCUT2D eigenvalue weighted by atomic mass is 79.9. The molecule has 0 fully saturated rings. The Bertz CT molecular complexity index is 643. The van der Waals surface area contributed by atoms with E-state index < -0.39 is 0 Å². The van der Waals surface area contributed by atoms with E-state index in [0.717, 1.165) is 0 Å². The van der Waals surface area contributed by atoms with Crippen LogP contribution < -0.4 is 4.74 Å². The number of phenolic OH excluding ortho intramolecular Hbond substituents is 1. The van der Waals surface area contributed by atoms with Gasteiger partial charge in [-0.15, -0.1) is 0 Å². The topological polar surface area (TPSA) is 57.2 Å². The minimum atomic E-state index is -0.361. The quantitative estimate of drug-likeness (QED) is 0.577. The molecule has 0 saturated carbocycles. The van der Waals surface area contributed by atoms with Crippen molar-refractivity contribution < 1.29 is 32.8 Å². The second kappa shape index (κ2) is 14.9. The second-order valence-electron chi connectivity index (χ2n) is 4.42. The van der Waals surface area contributed by atoms with Gasteiger partial charge in [-0.1, -0.05) is 0 Å². The Morgan fingerprint density at radius 3 is 1.69 bits per heavy atom. The molecular weight excluding hydrogens is 482 g/mol. The number of phenols is 1. The summed E-state index contributed by atoms with van der Waals surface area (Å²) in [5.74, 6) is -0.0408. The molecule has 9 heteroatoms. The van der Waals surface area contributed by atoms with Crippen molar-refractivity contribution in [1.82, 2.24) is 0 Å². The Morgan fingerprint density at radius 1 is 0.808 bits per heavy atom. The molecule has 2 aromatic rings. The molecule has 0 unspecified atom stereocenters. The van der Waals surface area contributed by atoms with Gasteiger partial charge in [0.05, 0.1) is 8.95 Å². The van der Waals surface area contributed by atoms with Crippen molar-refractivity contribution in [3.8, 4) is 11.5 Å². The van der Waals surface area contributed by atoms with Crippen molar-refractivity contribution in [1.29, 1.82) is 0 Å². The van der Waals surface area contributed by atoms with E-state index >= 15 is 0 Å². The summed E-state index contributed by atoms with van der Waals surface area (Å²) in [6.45, 7) is 0.546.